The number of amides is 1. The van der Waals surface area contributed by atoms with Crippen molar-refractivity contribution in [2.24, 2.45) is 7.05 Å². The molecule has 0 saturated carbocycles. The van der Waals surface area contributed by atoms with E-state index in [0.29, 0.717) is 6.42 Å². The van der Waals surface area contributed by atoms with Gasteiger partial charge in [0.1, 0.15) is 5.82 Å². The predicted molar refractivity (Wildman–Crippen MR) is 101 cm³/mol. The molecule has 0 bridgehead atoms. The molecule has 0 aliphatic heterocycles. The SMILES string of the molecule is Cc1nn(C)c(NC(=O)CCCn2cccn2)c1-c1ccc(Br)cc1. The Morgan fingerprint density at radius 1 is 1.28 bits per heavy atom. The number of carbonyl (C=O) groups excluding carboxylic acids is 1. The van der Waals surface area contributed by atoms with Crippen molar-refractivity contribution in [3.63, 3.8) is 0 Å². The number of hydrogen-bond donors (Lipinski definition) is 1. The van der Waals surface area contributed by atoms with Gasteiger partial charge in [-0.25, -0.2) is 0 Å². The van der Waals surface area contributed by atoms with Gasteiger partial charge in [0.25, 0.3) is 0 Å². The lowest BCUT2D eigenvalue weighted by molar-refractivity contribution is -0.116. The van der Waals surface area contributed by atoms with E-state index in [9.17, 15) is 4.79 Å². The lowest BCUT2D eigenvalue weighted by atomic mass is 10.1. The Bertz CT molecular complexity index is 852. The minimum absolute atomic E-state index is 0.0199. The van der Waals surface area contributed by atoms with Crippen LogP contribution in [-0.2, 0) is 18.4 Å². The number of nitrogens with zero attached hydrogens (tertiary/aromatic N) is 4. The second-order valence-electron chi connectivity index (χ2n) is 5.86. The lowest BCUT2D eigenvalue weighted by Crippen LogP contribution is -2.15. The molecule has 0 fully saturated rings. The van der Waals surface area contributed by atoms with Crippen LogP contribution in [0.25, 0.3) is 11.1 Å². The van der Waals surface area contributed by atoms with Gasteiger partial charge in [0.05, 0.1) is 5.69 Å². The monoisotopic (exact) mass is 401 g/mol. The van der Waals surface area contributed by atoms with Crippen molar-refractivity contribution in [3.8, 4) is 11.1 Å². The zero-order chi connectivity index (χ0) is 17.8. The van der Waals surface area contributed by atoms with Gasteiger partial charge in [0.15, 0.2) is 0 Å². The summed E-state index contributed by atoms with van der Waals surface area (Å²) >= 11 is 3.45. The van der Waals surface area contributed by atoms with Crippen molar-refractivity contribution in [3.05, 3.63) is 52.9 Å². The molecular weight excluding hydrogens is 382 g/mol. The minimum atomic E-state index is -0.0199. The predicted octanol–water partition coefficient (Wildman–Crippen LogP) is 3.77. The number of halogens is 1. The molecule has 0 radical (unpaired) electrons. The van der Waals surface area contributed by atoms with Crippen LogP contribution in [0.1, 0.15) is 18.5 Å². The van der Waals surface area contributed by atoms with Crippen LogP contribution in [0.2, 0.25) is 0 Å². The molecule has 2 aromatic heterocycles. The fraction of sp³-hybridized carbons (Fsp3) is 0.278. The van der Waals surface area contributed by atoms with Crippen molar-refractivity contribution in [1.82, 2.24) is 19.6 Å². The number of anilines is 1. The van der Waals surface area contributed by atoms with E-state index >= 15 is 0 Å². The molecule has 0 aliphatic rings. The third-order valence-corrected chi connectivity index (χ3v) is 4.49. The Kier molecular flexibility index (Phi) is 5.33. The molecule has 0 saturated heterocycles. The summed E-state index contributed by atoms with van der Waals surface area (Å²) in [5, 5.41) is 11.6. The fourth-order valence-electron chi connectivity index (χ4n) is 2.79. The summed E-state index contributed by atoms with van der Waals surface area (Å²) in [5.41, 5.74) is 2.87. The van der Waals surface area contributed by atoms with Gasteiger partial charge in [-0.1, -0.05) is 28.1 Å². The van der Waals surface area contributed by atoms with Gasteiger partial charge in [-0.15, -0.1) is 0 Å². The maximum atomic E-state index is 12.4. The average molecular weight is 402 g/mol. The van der Waals surface area contributed by atoms with Crippen LogP contribution in [0.15, 0.2) is 47.2 Å². The number of aryl methyl sites for hydroxylation is 3. The third-order valence-electron chi connectivity index (χ3n) is 3.96. The Hall–Kier alpha value is -2.41. The topological polar surface area (TPSA) is 64.7 Å². The van der Waals surface area contributed by atoms with Crippen LogP contribution >= 0.6 is 15.9 Å². The van der Waals surface area contributed by atoms with Crippen LogP contribution in [0.5, 0.6) is 0 Å². The van der Waals surface area contributed by atoms with Gasteiger partial charge in [0, 0.05) is 42.4 Å². The Labute approximate surface area is 155 Å². The normalized spacial score (nSPS) is 10.8. The minimum Gasteiger partial charge on any atom is -0.310 e. The molecule has 3 aromatic rings. The van der Waals surface area contributed by atoms with Crippen LogP contribution in [0.4, 0.5) is 5.82 Å². The highest BCUT2D eigenvalue weighted by Crippen LogP contribution is 2.31. The van der Waals surface area contributed by atoms with E-state index in [4.69, 9.17) is 0 Å². The van der Waals surface area contributed by atoms with E-state index in [1.165, 1.54) is 0 Å². The fourth-order valence-corrected chi connectivity index (χ4v) is 3.06. The summed E-state index contributed by atoms with van der Waals surface area (Å²) < 4.78 is 4.56. The highest BCUT2D eigenvalue weighted by Gasteiger charge is 2.17. The molecule has 25 heavy (non-hydrogen) atoms. The van der Waals surface area contributed by atoms with Gasteiger partial charge in [-0.3, -0.25) is 14.2 Å². The maximum Gasteiger partial charge on any atom is 0.225 e. The van der Waals surface area contributed by atoms with E-state index in [1.807, 2.05) is 55.2 Å². The molecule has 0 unspecified atom stereocenters. The molecule has 3 rings (SSSR count). The highest BCUT2D eigenvalue weighted by molar-refractivity contribution is 9.10. The molecule has 1 amide bonds. The van der Waals surface area contributed by atoms with Crippen LogP contribution in [0.3, 0.4) is 0 Å². The van der Waals surface area contributed by atoms with Gasteiger partial charge >= 0.3 is 0 Å². The smallest absolute Gasteiger partial charge is 0.225 e. The number of carbonyl (C=O) groups is 1. The molecular formula is C18H20BrN5O. The maximum absolute atomic E-state index is 12.4. The van der Waals surface area contributed by atoms with Crippen LogP contribution in [0, 0.1) is 6.92 Å². The molecule has 1 N–H and O–H groups in total. The van der Waals surface area contributed by atoms with E-state index < -0.39 is 0 Å². The van der Waals surface area contributed by atoms with Crippen molar-refractivity contribution in [1.29, 1.82) is 0 Å². The average Bonchev–Trinajstić information content (AvgIpc) is 3.17. The second-order valence-corrected chi connectivity index (χ2v) is 6.78. The molecule has 2 heterocycles. The number of aromatic nitrogens is 4. The summed E-state index contributed by atoms with van der Waals surface area (Å²) in [4.78, 5) is 12.4. The van der Waals surface area contributed by atoms with Gasteiger partial charge in [0.2, 0.25) is 5.91 Å². The summed E-state index contributed by atoms with van der Waals surface area (Å²) in [7, 11) is 1.84. The van der Waals surface area contributed by atoms with Crippen molar-refractivity contribution in [2.45, 2.75) is 26.3 Å². The van der Waals surface area contributed by atoms with Crippen molar-refractivity contribution >= 4 is 27.7 Å². The number of nitrogens with one attached hydrogen (secondary N) is 1. The summed E-state index contributed by atoms with van der Waals surface area (Å²) in [5.74, 6) is 0.706. The highest BCUT2D eigenvalue weighted by atomic mass is 79.9. The zero-order valence-corrected chi connectivity index (χ0v) is 15.8. The van der Waals surface area contributed by atoms with E-state index in [0.717, 1.165) is 40.1 Å². The Morgan fingerprint density at radius 3 is 2.72 bits per heavy atom. The van der Waals surface area contributed by atoms with E-state index in [2.05, 4.69) is 31.4 Å². The second kappa shape index (κ2) is 7.65. The number of rotatable bonds is 6. The summed E-state index contributed by atoms with van der Waals surface area (Å²) in [6.07, 6.45) is 4.80. The molecule has 130 valence electrons. The third kappa shape index (κ3) is 4.17. The van der Waals surface area contributed by atoms with Crippen molar-refractivity contribution in [2.75, 3.05) is 5.32 Å². The first-order valence-electron chi connectivity index (χ1n) is 8.11. The molecule has 0 spiro atoms. The van der Waals surface area contributed by atoms with Crippen molar-refractivity contribution < 1.29 is 4.79 Å². The zero-order valence-electron chi connectivity index (χ0n) is 14.2. The number of hydrogen-bond acceptors (Lipinski definition) is 3. The first kappa shape index (κ1) is 17.4. The van der Waals surface area contributed by atoms with Crippen LogP contribution in [-0.4, -0.2) is 25.5 Å². The molecule has 6 nitrogen and oxygen atoms in total. The van der Waals surface area contributed by atoms with Gasteiger partial charge < -0.3 is 5.32 Å². The molecule has 7 heteroatoms. The standard InChI is InChI=1S/C18H20BrN5O/c1-13-17(14-6-8-15(19)9-7-14)18(23(2)22-13)21-16(25)5-3-11-24-12-4-10-20-24/h4,6-10,12H,3,5,11H2,1-2H3,(H,21,25). The molecule has 1 aromatic carbocycles. The summed E-state index contributed by atoms with van der Waals surface area (Å²) in [6.45, 7) is 2.68. The van der Waals surface area contributed by atoms with Gasteiger partial charge in [-0.05, 0) is 37.1 Å². The molecule has 0 aliphatic carbocycles. The number of benzene rings is 1. The molecule has 0 atom stereocenters. The van der Waals surface area contributed by atoms with E-state index in [-0.39, 0.29) is 5.91 Å². The summed E-state index contributed by atoms with van der Waals surface area (Å²) in [6, 6.07) is 9.88. The largest absolute Gasteiger partial charge is 0.310 e. The first-order chi connectivity index (χ1) is 12.0. The van der Waals surface area contributed by atoms with E-state index in [1.54, 1.807) is 10.9 Å². The Balaban J connectivity index is 1.71. The lowest BCUT2D eigenvalue weighted by Gasteiger charge is -2.09. The van der Waals surface area contributed by atoms with Crippen LogP contribution < -0.4 is 5.32 Å². The first-order valence-corrected chi connectivity index (χ1v) is 8.90. The Morgan fingerprint density at radius 2 is 2.04 bits per heavy atom. The van der Waals surface area contributed by atoms with Gasteiger partial charge in [-0.2, -0.15) is 10.2 Å². The quantitative estimate of drug-likeness (QED) is 0.683.